The Labute approximate surface area is 101 Å². The van der Waals surface area contributed by atoms with Crippen molar-refractivity contribution in [1.29, 1.82) is 5.26 Å². The summed E-state index contributed by atoms with van der Waals surface area (Å²) in [4.78, 5) is 15.7. The lowest BCUT2D eigenvalue weighted by molar-refractivity contribution is 0.209. The highest BCUT2D eigenvalue weighted by Gasteiger charge is 2.30. The van der Waals surface area contributed by atoms with E-state index >= 15 is 0 Å². The molecule has 0 N–H and O–H groups in total. The maximum absolute atomic E-state index is 12.1. The summed E-state index contributed by atoms with van der Waals surface area (Å²) in [6.45, 7) is 5.44. The highest BCUT2D eigenvalue weighted by Crippen LogP contribution is 2.22. The van der Waals surface area contributed by atoms with Gasteiger partial charge in [-0.05, 0) is 32.0 Å². The number of urea groups is 1. The predicted octanol–water partition coefficient (Wildman–Crippen LogP) is 2.21. The fourth-order valence-electron chi connectivity index (χ4n) is 2.02. The summed E-state index contributed by atoms with van der Waals surface area (Å²) in [5.74, 6) is 0. The summed E-state index contributed by atoms with van der Waals surface area (Å²) in [5.41, 5.74) is 1.38. The van der Waals surface area contributed by atoms with Gasteiger partial charge < -0.3 is 4.90 Å². The van der Waals surface area contributed by atoms with Gasteiger partial charge in [0, 0.05) is 24.8 Å². The Morgan fingerprint density at radius 1 is 1.35 bits per heavy atom. The third kappa shape index (κ3) is 2.09. The summed E-state index contributed by atoms with van der Waals surface area (Å²) in [6, 6.07) is 9.49. The average molecular weight is 229 g/mol. The van der Waals surface area contributed by atoms with Gasteiger partial charge in [-0.2, -0.15) is 5.26 Å². The van der Waals surface area contributed by atoms with Crippen molar-refractivity contribution in [2.24, 2.45) is 0 Å². The standard InChI is InChI=1S/C13H15N3O/c1-10(2)15-6-7-16(13(15)17)12-5-3-4-11(8-12)9-14/h3-5,8,10H,6-7H2,1-2H3. The third-order valence-corrected chi connectivity index (χ3v) is 2.95. The minimum absolute atomic E-state index is 0.0232. The molecule has 0 atom stereocenters. The Kier molecular flexibility index (Phi) is 3.01. The number of rotatable bonds is 2. The first-order valence-corrected chi connectivity index (χ1v) is 5.72. The van der Waals surface area contributed by atoms with E-state index < -0.39 is 0 Å². The van der Waals surface area contributed by atoms with Crippen LogP contribution >= 0.6 is 0 Å². The van der Waals surface area contributed by atoms with E-state index in [2.05, 4.69) is 6.07 Å². The van der Waals surface area contributed by atoms with Gasteiger partial charge >= 0.3 is 6.03 Å². The van der Waals surface area contributed by atoms with Crippen molar-refractivity contribution in [3.05, 3.63) is 29.8 Å². The zero-order valence-corrected chi connectivity index (χ0v) is 10.1. The zero-order chi connectivity index (χ0) is 12.4. The third-order valence-electron chi connectivity index (χ3n) is 2.95. The Hall–Kier alpha value is -2.02. The molecule has 2 amide bonds. The normalized spacial score (nSPS) is 15.5. The van der Waals surface area contributed by atoms with Crippen LogP contribution in [0, 0.1) is 11.3 Å². The molecule has 1 aliphatic rings. The minimum Gasteiger partial charge on any atom is -0.320 e. The molecule has 17 heavy (non-hydrogen) atoms. The first-order valence-electron chi connectivity index (χ1n) is 5.72. The first kappa shape index (κ1) is 11.5. The van der Waals surface area contributed by atoms with Crippen LogP contribution in [0.3, 0.4) is 0 Å². The highest BCUT2D eigenvalue weighted by atomic mass is 16.2. The van der Waals surface area contributed by atoms with Gasteiger partial charge in [-0.15, -0.1) is 0 Å². The van der Waals surface area contributed by atoms with E-state index in [1.165, 1.54) is 0 Å². The van der Waals surface area contributed by atoms with Gasteiger partial charge in [-0.1, -0.05) is 6.07 Å². The van der Waals surface area contributed by atoms with Crippen LogP contribution in [0.5, 0.6) is 0 Å². The second-order valence-corrected chi connectivity index (χ2v) is 4.38. The van der Waals surface area contributed by atoms with Crippen LogP contribution in [0.15, 0.2) is 24.3 Å². The molecule has 1 aliphatic heterocycles. The maximum Gasteiger partial charge on any atom is 0.324 e. The van der Waals surface area contributed by atoms with Gasteiger partial charge in [0.25, 0.3) is 0 Å². The largest absolute Gasteiger partial charge is 0.324 e. The molecule has 4 heteroatoms. The summed E-state index contributed by atoms with van der Waals surface area (Å²) >= 11 is 0. The molecule has 0 spiro atoms. The summed E-state index contributed by atoms with van der Waals surface area (Å²) in [5, 5.41) is 8.85. The fourth-order valence-corrected chi connectivity index (χ4v) is 2.02. The molecule has 88 valence electrons. The molecule has 0 aliphatic carbocycles. The molecular formula is C13H15N3O. The van der Waals surface area contributed by atoms with Crippen molar-refractivity contribution in [2.45, 2.75) is 19.9 Å². The molecule has 1 fully saturated rings. The van der Waals surface area contributed by atoms with Gasteiger partial charge in [0.2, 0.25) is 0 Å². The maximum atomic E-state index is 12.1. The number of hydrogen-bond donors (Lipinski definition) is 0. The Morgan fingerprint density at radius 3 is 2.71 bits per heavy atom. The molecule has 0 radical (unpaired) electrons. The SMILES string of the molecule is CC(C)N1CCN(c2cccc(C#N)c2)C1=O. The van der Waals surface area contributed by atoms with E-state index in [0.29, 0.717) is 12.1 Å². The zero-order valence-electron chi connectivity index (χ0n) is 10.1. The molecule has 1 heterocycles. The molecule has 1 saturated heterocycles. The molecule has 0 saturated carbocycles. The van der Waals surface area contributed by atoms with Crippen molar-refractivity contribution < 1.29 is 4.79 Å². The van der Waals surface area contributed by atoms with Crippen LogP contribution in [0.1, 0.15) is 19.4 Å². The molecule has 4 nitrogen and oxygen atoms in total. The number of benzene rings is 1. The summed E-state index contributed by atoms with van der Waals surface area (Å²) in [6.07, 6.45) is 0. The number of nitrogens with zero attached hydrogens (tertiary/aromatic N) is 3. The van der Waals surface area contributed by atoms with E-state index in [-0.39, 0.29) is 12.1 Å². The van der Waals surface area contributed by atoms with Crippen LogP contribution in [0.25, 0.3) is 0 Å². The quantitative estimate of drug-likeness (QED) is 0.780. The lowest BCUT2D eigenvalue weighted by atomic mass is 10.2. The average Bonchev–Trinajstić information content (AvgIpc) is 2.71. The van der Waals surface area contributed by atoms with Crippen LogP contribution in [-0.4, -0.2) is 30.1 Å². The molecule has 0 unspecified atom stereocenters. The number of carbonyl (C=O) groups is 1. The second-order valence-electron chi connectivity index (χ2n) is 4.38. The van der Waals surface area contributed by atoms with Crippen LogP contribution in [0.4, 0.5) is 10.5 Å². The number of amides is 2. The monoisotopic (exact) mass is 229 g/mol. The van der Waals surface area contributed by atoms with Crippen LogP contribution in [-0.2, 0) is 0 Å². The number of nitriles is 1. The lowest BCUT2D eigenvalue weighted by Crippen LogP contribution is -2.36. The molecule has 1 aromatic rings. The molecule has 0 bridgehead atoms. The Balaban J connectivity index is 2.25. The first-order chi connectivity index (χ1) is 8.13. The van der Waals surface area contributed by atoms with Gasteiger partial charge in [-0.3, -0.25) is 4.90 Å². The highest BCUT2D eigenvalue weighted by molar-refractivity contribution is 5.94. The van der Waals surface area contributed by atoms with Crippen LogP contribution in [0.2, 0.25) is 0 Å². The van der Waals surface area contributed by atoms with E-state index in [9.17, 15) is 4.79 Å². The molecule has 2 rings (SSSR count). The summed E-state index contributed by atoms with van der Waals surface area (Å²) < 4.78 is 0. The van der Waals surface area contributed by atoms with Crippen molar-refractivity contribution >= 4 is 11.7 Å². The second kappa shape index (κ2) is 4.46. The fraction of sp³-hybridized carbons (Fsp3) is 0.385. The van der Waals surface area contributed by atoms with E-state index in [4.69, 9.17) is 5.26 Å². The number of hydrogen-bond acceptors (Lipinski definition) is 2. The van der Waals surface area contributed by atoms with Crippen molar-refractivity contribution in [3.63, 3.8) is 0 Å². The van der Waals surface area contributed by atoms with E-state index in [0.717, 1.165) is 12.2 Å². The number of anilines is 1. The van der Waals surface area contributed by atoms with E-state index in [1.54, 1.807) is 23.1 Å². The van der Waals surface area contributed by atoms with Crippen molar-refractivity contribution in [3.8, 4) is 6.07 Å². The lowest BCUT2D eigenvalue weighted by Gasteiger charge is -2.21. The smallest absolute Gasteiger partial charge is 0.320 e. The van der Waals surface area contributed by atoms with E-state index in [1.807, 2.05) is 24.8 Å². The minimum atomic E-state index is 0.0232. The van der Waals surface area contributed by atoms with Crippen LogP contribution < -0.4 is 4.90 Å². The Morgan fingerprint density at radius 2 is 2.12 bits per heavy atom. The van der Waals surface area contributed by atoms with Crippen molar-refractivity contribution in [2.75, 3.05) is 18.0 Å². The van der Waals surface area contributed by atoms with Gasteiger partial charge in [0.15, 0.2) is 0 Å². The summed E-state index contributed by atoms with van der Waals surface area (Å²) in [7, 11) is 0. The number of carbonyl (C=O) groups excluding carboxylic acids is 1. The topological polar surface area (TPSA) is 47.3 Å². The predicted molar refractivity (Wildman–Crippen MR) is 65.7 cm³/mol. The van der Waals surface area contributed by atoms with Gasteiger partial charge in [0.05, 0.1) is 11.6 Å². The van der Waals surface area contributed by atoms with Gasteiger partial charge in [0.1, 0.15) is 0 Å². The molecular weight excluding hydrogens is 214 g/mol. The molecule has 0 aromatic heterocycles. The van der Waals surface area contributed by atoms with Crippen molar-refractivity contribution in [1.82, 2.24) is 4.90 Å². The Bertz CT molecular complexity index is 476. The van der Waals surface area contributed by atoms with Gasteiger partial charge in [-0.25, -0.2) is 4.79 Å². The molecule has 1 aromatic carbocycles.